The van der Waals surface area contributed by atoms with Crippen LogP contribution < -0.4 is 0 Å². The maximum atomic E-state index is 12.5. The summed E-state index contributed by atoms with van der Waals surface area (Å²) in [5, 5.41) is 0. The van der Waals surface area contributed by atoms with Gasteiger partial charge < -0.3 is 9.80 Å². The van der Waals surface area contributed by atoms with Gasteiger partial charge in [-0.15, -0.1) is 0 Å². The molecule has 0 aromatic carbocycles. The number of amides is 2. The molecule has 0 aliphatic carbocycles. The fourth-order valence-corrected chi connectivity index (χ4v) is 4.30. The molecule has 2 aliphatic rings. The minimum atomic E-state index is 0.158. The zero-order valence-corrected chi connectivity index (χ0v) is 14.7. The largest absolute Gasteiger partial charge is 0.337 e. The third kappa shape index (κ3) is 3.82. The Morgan fingerprint density at radius 3 is 1.23 bits per heavy atom. The molecule has 0 aromatic rings. The highest BCUT2D eigenvalue weighted by Gasteiger charge is 2.31. The lowest BCUT2D eigenvalue weighted by atomic mass is 9.96. The Bertz CT molecular complexity index is 352. The molecule has 0 saturated carbocycles. The van der Waals surface area contributed by atoms with Crippen molar-refractivity contribution in [2.45, 2.75) is 103 Å². The topological polar surface area (TPSA) is 40.6 Å². The van der Waals surface area contributed by atoms with Crippen LogP contribution in [0.4, 0.5) is 0 Å². The molecule has 4 nitrogen and oxygen atoms in total. The number of rotatable bonds is 3. The van der Waals surface area contributed by atoms with E-state index < -0.39 is 0 Å². The lowest BCUT2D eigenvalue weighted by Crippen LogP contribution is -2.49. The number of nitrogens with zero attached hydrogens (tertiary/aromatic N) is 2. The van der Waals surface area contributed by atoms with E-state index in [2.05, 4.69) is 27.7 Å². The summed E-state index contributed by atoms with van der Waals surface area (Å²) in [5.74, 6) is 0.315. The van der Waals surface area contributed by atoms with Gasteiger partial charge in [0.25, 0.3) is 0 Å². The monoisotopic (exact) mass is 308 g/mol. The second-order valence-corrected chi connectivity index (χ2v) is 7.36. The summed E-state index contributed by atoms with van der Waals surface area (Å²) in [4.78, 5) is 29.1. The van der Waals surface area contributed by atoms with Crippen LogP contribution in [0, 0.1) is 0 Å². The zero-order chi connectivity index (χ0) is 16.3. The molecule has 4 heteroatoms. The summed E-state index contributed by atoms with van der Waals surface area (Å²) in [5.41, 5.74) is 0. The lowest BCUT2D eigenvalue weighted by Gasteiger charge is -2.40. The van der Waals surface area contributed by atoms with Gasteiger partial charge in [0.15, 0.2) is 0 Å². The first-order chi connectivity index (χ1) is 10.4. The summed E-state index contributed by atoms with van der Waals surface area (Å²) in [6, 6.07) is 1.27. The molecule has 0 spiro atoms. The van der Waals surface area contributed by atoms with E-state index in [1.165, 1.54) is 12.8 Å². The molecule has 2 amide bonds. The molecular formula is C18H32N2O2. The number of carbonyl (C=O) groups excluding carboxylic acids is 2. The fourth-order valence-electron chi connectivity index (χ4n) is 4.30. The number of hydrogen-bond donors (Lipinski definition) is 0. The van der Waals surface area contributed by atoms with Crippen LogP contribution in [0.2, 0.25) is 0 Å². The second kappa shape index (κ2) is 7.47. The molecular weight excluding hydrogens is 276 g/mol. The Hall–Kier alpha value is -1.06. The number of carbonyl (C=O) groups is 2. The van der Waals surface area contributed by atoms with Crippen LogP contribution in [0.25, 0.3) is 0 Å². The predicted octanol–water partition coefficient (Wildman–Crippen LogP) is 3.35. The van der Waals surface area contributed by atoms with Crippen molar-refractivity contribution in [1.29, 1.82) is 0 Å². The van der Waals surface area contributed by atoms with Gasteiger partial charge in [0.2, 0.25) is 11.8 Å². The first-order valence-electron chi connectivity index (χ1n) is 9.04. The van der Waals surface area contributed by atoms with Crippen LogP contribution in [0.5, 0.6) is 0 Å². The number of likely N-dealkylation sites (tertiary alicyclic amines) is 2. The highest BCUT2D eigenvalue weighted by molar-refractivity contribution is 5.84. The minimum Gasteiger partial charge on any atom is -0.337 e. The van der Waals surface area contributed by atoms with Gasteiger partial charge in [-0.05, 0) is 66.2 Å². The predicted molar refractivity (Wildman–Crippen MR) is 88.5 cm³/mol. The first kappa shape index (κ1) is 17.3. The summed E-state index contributed by atoms with van der Waals surface area (Å²) >= 11 is 0. The SMILES string of the molecule is CC1CCCC(C)N1C(=O)CCC(=O)N1C(C)CCCC1C. The molecule has 0 aromatic heterocycles. The zero-order valence-electron chi connectivity index (χ0n) is 14.7. The normalized spacial score (nSPS) is 32.9. The van der Waals surface area contributed by atoms with Gasteiger partial charge in [0, 0.05) is 37.0 Å². The summed E-state index contributed by atoms with van der Waals surface area (Å²) in [7, 11) is 0. The Morgan fingerprint density at radius 1 is 0.682 bits per heavy atom. The van der Waals surface area contributed by atoms with Gasteiger partial charge in [0.05, 0.1) is 0 Å². The number of hydrogen-bond acceptors (Lipinski definition) is 2. The molecule has 4 atom stereocenters. The van der Waals surface area contributed by atoms with E-state index in [1.807, 2.05) is 9.80 Å². The fraction of sp³-hybridized carbons (Fsp3) is 0.889. The molecule has 2 aliphatic heterocycles. The minimum absolute atomic E-state index is 0.158. The Balaban J connectivity index is 1.88. The Kier molecular flexibility index (Phi) is 5.87. The average molecular weight is 308 g/mol. The van der Waals surface area contributed by atoms with Crippen LogP contribution in [-0.2, 0) is 9.59 Å². The molecule has 0 bridgehead atoms. The highest BCUT2D eigenvalue weighted by atomic mass is 16.2. The number of piperidine rings is 2. The summed E-state index contributed by atoms with van der Waals surface area (Å²) in [6.45, 7) is 8.52. The van der Waals surface area contributed by atoms with Crippen LogP contribution in [0.3, 0.4) is 0 Å². The van der Waals surface area contributed by atoms with Crippen molar-refractivity contribution in [3.8, 4) is 0 Å². The molecule has 0 N–H and O–H groups in total. The molecule has 2 saturated heterocycles. The van der Waals surface area contributed by atoms with Gasteiger partial charge >= 0.3 is 0 Å². The van der Waals surface area contributed by atoms with E-state index in [4.69, 9.17) is 0 Å². The molecule has 2 rings (SSSR count). The third-order valence-electron chi connectivity index (χ3n) is 5.52. The Morgan fingerprint density at radius 2 is 0.955 bits per heavy atom. The van der Waals surface area contributed by atoms with Crippen LogP contribution in [0.15, 0.2) is 0 Å². The van der Waals surface area contributed by atoms with Crippen molar-refractivity contribution in [1.82, 2.24) is 9.80 Å². The maximum absolute atomic E-state index is 12.5. The van der Waals surface area contributed by atoms with Crippen molar-refractivity contribution < 1.29 is 9.59 Å². The van der Waals surface area contributed by atoms with Crippen molar-refractivity contribution in [2.75, 3.05) is 0 Å². The van der Waals surface area contributed by atoms with Crippen LogP contribution in [-0.4, -0.2) is 45.8 Å². The van der Waals surface area contributed by atoms with Crippen molar-refractivity contribution >= 4 is 11.8 Å². The van der Waals surface area contributed by atoms with E-state index in [0.29, 0.717) is 37.0 Å². The molecule has 126 valence electrons. The third-order valence-corrected chi connectivity index (χ3v) is 5.52. The summed E-state index contributed by atoms with van der Waals surface area (Å²) < 4.78 is 0. The van der Waals surface area contributed by atoms with Gasteiger partial charge in [-0.1, -0.05) is 0 Å². The molecule has 4 unspecified atom stereocenters. The van der Waals surface area contributed by atoms with E-state index >= 15 is 0 Å². The van der Waals surface area contributed by atoms with Gasteiger partial charge in [0.1, 0.15) is 0 Å². The second-order valence-electron chi connectivity index (χ2n) is 7.36. The first-order valence-corrected chi connectivity index (χ1v) is 9.04. The van der Waals surface area contributed by atoms with E-state index in [-0.39, 0.29) is 11.8 Å². The summed E-state index contributed by atoms with van der Waals surface area (Å²) in [6.07, 6.45) is 7.48. The van der Waals surface area contributed by atoms with E-state index in [1.54, 1.807) is 0 Å². The van der Waals surface area contributed by atoms with E-state index in [9.17, 15) is 9.59 Å². The van der Waals surface area contributed by atoms with Gasteiger partial charge in [-0.2, -0.15) is 0 Å². The smallest absolute Gasteiger partial charge is 0.223 e. The molecule has 2 heterocycles. The standard InChI is InChI=1S/C18H32N2O2/c1-13-7-5-8-14(2)19(13)17(21)11-12-18(22)20-15(3)9-6-10-16(20)4/h13-16H,5-12H2,1-4H3. The molecule has 2 fully saturated rings. The molecule has 22 heavy (non-hydrogen) atoms. The average Bonchev–Trinajstić information content (AvgIpc) is 2.44. The van der Waals surface area contributed by atoms with Crippen molar-refractivity contribution in [2.24, 2.45) is 0 Å². The quantitative estimate of drug-likeness (QED) is 0.802. The van der Waals surface area contributed by atoms with Crippen molar-refractivity contribution in [3.05, 3.63) is 0 Å². The van der Waals surface area contributed by atoms with Crippen LogP contribution in [0.1, 0.15) is 79.1 Å². The lowest BCUT2D eigenvalue weighted by molar-refractivity contribution is -0.143. The van der Waals surface area contributed by atoms with Gasteiger partial charge in [-0.25, -0.2) is 0 Å². The van der Waals surface area contributed by atoms with E-state index in [0.717, 1.165) is 25.7 Å². The molecule has 0 radical (unpaired) electrons. The van der Waals surface area contributed by atoms with Crippen molar-refractivity contribution in [3.63, 3.8) is 0 Å². The van der Waals surface area contributed by atoms with Gasteiger partial charge in [-0.3, -0.25) is 9.59 Å². The Labute approximate surface area is 135 Å². The maximum Gasteiger partial charge on any atom is 0.223 e. The highest BCUT2D eigenvalue weighted by Crippen LogP contribution is 2.25. The van der Waals surface area contributed by atoms with Crippen LogP contribution >= 0.6 is 0 Å².